The summed E-state index contributed by atoms with van der Waals surface area (Å²) < 4.78 is 0. The van der Waals surface area contributed by atoms with Crippen LogP contribution < -0.4 is 5.48 Å². The van der Waals surface area contributed by atoms with E-state index in [2.05, 4.69) is 6.92 Å². The van der Waals surface area contributed by atoms with Gasteiger partial charge in [-0.25, -0.2) is 5.48 Å². The summed E-state index contributed by atoms with van der Waals surface area (Å²) in [6.07, 6.45) is 2.97. The summed E-state index contributed by atoms with van der Waals surface area (Å²) >= 11 is 0. The van der Waals surface area contributed by atoms with Crippen molar-refractivity contribution in [2.24, 2.45) is 0 Å². The number of amides is 1. The van der Waals surface area contributed by atoms with Crippen LogP contribution in [0.2, 0.25) is 0 Å². The summed E-state index contributed by atoms with van der Waals surface area (Å²) in [6, 6.07) is 4.84. The Morgan fingerprint density at radius 1 is 1.47 bits per heavy atom. The van der Waals surface area contributed by atoms with Gasteiger partial charge in [0.25, 0.3) is 5.91 Å². The second-order valence-electron chi connectivity index (χ2n) is 3.40. The fourth-order valence-corrected chi connectivity index (χ4v) is 1.36. The Morgan fingerprint density at radius 3 is 2.80 bits per heavy atom. The van der Waals surface area contributed by atoms with Crippen molar-refractivity contribution in [3.05, 3.63) is 29.3 Å². The molecule has 0 atom stereocenters. The average Bonchev–Trinajstić information content (AvgIpc) is 2.27. The Bertz CT molecular complexity index is 350. The van der Waals surface area contributed by atoms with Gasteiger partial charge in [0.1, 0.15) is 5.75 Å². The number of phenols is 1. The molecule has 1 rings (SSSR count). The van der Waals surface area contributed by atoms with Gasteiger partial charge in [-0.3, -0.25) is 10.0 Å². The molecule has 0 saturated heterocycles. The minimum atomic E-state index is -0.689. The van der Waals surface area contributed by atoms with Gasteiger partial charge in [0.15, 0.2) is 0 Å². The molecular weight excluding hydrogens is 194 g/mol. The third kappa shape index (κ3) is 2.95. The maximum Gasteiger partial charge on any atom is 0.278 e. The summed E-state index contributed by atoms with van der Waals surface area (Å²) in [7, 11) is 0. The Hall–Kier alpha value is -1.55. The zero-order valence-electron chi connectivity index (χ0n) is 8.66. The van der Waals surface area contributed by atoms with E-state index >= 15 is 0 Å². The zero-order valence-corrected chi connectivity index (χ0v) is 8.66. The number of carbonyl (C=O) groups is 1. The molecule has 4 nitrogen and oxygen atoms in total. The van der Waals surface area contributed by atoms with Crippen LogP contribution >= 0.6 is 0 Å². The fourth-order valence-electron chi connectivity index (χ4n) is 1.36. The van der Waals surface area contributed by atoms with Crippen LogP contribution in [0, 0.1) is 0 Å². The number of aryl methyl sites for hydroxylation is 1. The van der Waals surface area contributed by atoms with Gasteiger partial charge in [-0.15, -0.1) is 0 Å². The van der Waals surface area contributed by atoms with Gasteiger partial charge in [0.05, 0.1) is 5.56 Å². The van der Waals surface area contributed by atoms with E-state index in [1.807, 2.05) is 0 Å². The lowest BCUT2D eigenvalue weighted by Gasteiger charge is -2.05. The maximum atomic E-state index is 11.1. The third-order valence-electron chi connectivity index (χ3n) is 2.23. The van der Waals surface area contributed by atoms with Gasteiger partial charge in [0.2, 0.25) is 0 Å². The molecule has 0 aromatic heterocycles. The number of nitrogens with one attached hydrogen (secondary N) is 1. The van der Waals surface area contributed by atoms with Gasteiger partial charge >= 0.3 is 0 Å². The van der Waals surface area contributed by atoms with Crippen LogP contribution in [-0.4, -0.2) is 16.2 Å². The van der Waals surface area contributed by atoms with E-state index in [9.17, 15) is 9.90 Å². The molecule has 0 fully saturated rings. The lowest BCUT2D eigenvalue weighted by Crippen LogP contribution is -2.18. The minimum absolute atomic E-state index is 0.103. The Labute approximate surface area is 88.5 Å². The van der Waals surface area contributed by atoms with Gasteiger partial charge in [0, 0.05) is 0 Å². The second-order valence-corrected chi connectivity index (χ2v) is 3.40. The van der Waals surface area contributed by atoms with E-state index in [0.717, 1.165) is 24.8 Å². The zero-order chi connectivity index (χ0) is 11.3. The van der Waals surface area contributed by atoms with E-state index in [0.29, 0.717) is 0 Å². The number of hydrogen-bond acceptors (Lipinski definition) is 3. The largest absolute Gasteiger partial charge is 0.507 e. The van der Waals surface area contributed by atoms with Gasteiger partial charge in [-0.05, 0) is 30.5 Å². The van der Waals surface area contributed by atoms with Crippen LogP contribution in [0.3, 0.4) is 0 Å². The third-order valence-corrected chi connectivity index (χ3v) is 2.23. The smallest absolute Gasteiger partial charge is 0.278 e. The number of aromatic hydroxyl groups is 1. The first kappa shape index (κ1) is 11.5. The molecule has 1 aromatic rings. The molecule has 0 spiro atoms. The van der Waals surface area contributed by atoms with Crippen molar-refractivity contribution in [3.63, 3.8) is 0 Å². The molecule has 0 bridgehead atoms. The Balaban J connectivity index is 2.89. The van der Waals surface area contributed by atoms with Crippen LogP contribution in [0.5, 0.6) is 5.75 Å². The molecule has 1 amide bonds. The molecule has 3 N–H and O–H groups in total. The van der Waals surface area contributed by atoms with Crippen molar-refractivity contribution in [1.29, 1.82) is 0 Å². The topological polar surface area (TPSA) is 69.6 Å². The Morgan fingerprint density at radius 2 is 2.20 bits per heavy atom. The molecule has 0 aliphatic heterocycles. The summed E-state index contributed by atoms with van der Waals surface area (Å²) in [4.78, 5) is 11.1. The molecular formula is C11H15NO3. The van der Waals surface area contributed by atoms with Crippen molar-refractivity contribution in [2.75, 3.05) is 0 Å². The van der Waals surface area contributed by atoms with Crippen molar-refractivity contribution in [3.8, 4) is 5.75 Å². The van der Waals surface area contributed by atoms with Gasteiger partial charge < -0.3 is 5.11 Å². The average molecular weight is 209 g/mol. The van der Waals surface area contributed by atoms with E-state index < -0.39 is 5.91 Å². The van der Waals surface area contributed by atoms with Crippen LogP contribution in [0.1, 0.15) is 35.7 Å². The molecule has 0 saturated carbocycles. The normalized spacial score (nSPS) is 10.0. The summed E-state index contributed by atoms with van der Waals surface area (Å²) in [5.41, 5.74) is 2.59. The number of hydroxylamine groups is 1. The van der Waals surface area contributed by atoms with Crippen LogP contribution in [-0.2, 0) is 6.42 Å². The summed E-state index contributed by atoms with van der Waals surface area (Å²) in [6.45, 7) is 2.09. The molecule has 15 heavy (non-hydrogen) atoms. The highest BCUT2D eigenvalue weighted by Crippen LogP contribution is 2.19. The fraction of sp³-hybridized carbons (Fsp3) is 0.364. The summed E-state index contributed by atoms with van der Waals surface area (Å²) in [5, 5.41) is 17.9. The van der Waals surface area contributed by atoms with Crippen LogP contribution in [0.25, 0.3) is 0 Å². The number of unbranched alkanes of at least 4 members (excludes halogenated alkanes) is 1. The Kier molecular flexibility index (Phi) is 4.12. The van der Waals surface area contributed by atoms with Gasteiger partial charge in [-0.1, -0.05) is 19.4 Å². The maximum absolute atomic E-state index is 11.1. The molecule has 0 radical (unpaired) electrons. The molecule has 0 heterocycles. The molecule has 1 aromatic carbocycles. The van der Waals surface area contributed by atoms with E-state index in [1.54, 1.807) is 12.1 Å². The number of carbonyl (C=O) groups excluding carboxylic acids is 1. The standard InChI is InChI=1S/C11H15NO3/c1-2-3-4-8-5-6-10(13)9(7-8)11(14)12-15/h5-7,13,15H,2-4H2,1H3,(H,12,14). The number of hydrogen-bond donors (Lipinski definition) is 3. The molecule has 82 valence electrons. The monoisotopic (exact) mass is 209 g/mol. The SMILES string of the molecule is CCCCc1ccc(O)c(C(=O)NO)c1. The second kappa shape index (κ2) is 5.36. The number of phenolic OH excluding ortho intramolecular Hbond substituents is 1. The minimum Gasteiger partial charge on any atom is -0.507 e. The molecule has 0 aliphatic rings. The number of benzene rings is 1. The predicted molar refractivity (Wildman–Crippen MR) is 56.0 cm³/mol. The summed E-state index contributed by atoms with van der Waals surface area (Å²) in [5.74, 6) is -0.812. The lowest BCUT2D eigenvalue weighted by molar-refractivity contribution is 0.0703. The highest BCUT2D eigenvalue weighted by molar-refractivity contribution is 5.96. The first-order chi connectivity index (χ1) is 7.19. The van der Waals surface area contributed by atoms with Crippen molar-refractivity contribution in [1.82, 2.24) is 5.48 Å². The van der Waals surface area contributed by atoms with Gasteiger partial charge in [-0.2, -0.15) is 0 Å². The highest BCUT2D eigenvalue weighted by atomic mass is 16.5. The highest BCUT2D eigenvalue weighted by Gasteiger charge is 2.10. The predicted octanol–water partition coefficient (Wildman–Crippen LogP) is 1.85. The van der Waals surface area contributed by atoms with Crippen molar-refractivity contribution >= 4 is 5.91 Å². The van der Waals surface area contributed by atoms with Crippen molar-refractivity contribution < 1.29 is 15.1 Å². The molecule has 4 heteroatoms. The molecule has 0 aliphatic carbocycles. The number of rotatable bonds is 4. The van der Waals surface area contributed by atoms with Crippen LogP contribution in [0.4, 0.5) is 0 Å². The molecule has 0 unspecified atom stereocenters. The van der Waals surface area contributed by atoms with Crippen LogP contribution in [0.15, 0.2) is 18.2 Å². The lowest BCUT2D eigenvalue weighted by atomic mass is 10.0. The quantitative estimate of drug-likeness (QED) is 0.523. The van der Waals surface area contributed by atoms with E-state index in [1.165, 1.54) is 11.5 Å². The van der Waals surface area contributed by atoms with E-state index in [-0.39, 0.29) is 11.3 Å². The first-order valence-electron chi connectivity index (χ1n) is 4.95. The first-order valence-corrected chi connectivity index (χ1v) is 4.95. The van der Waals surface area contributed by atoms with Crippen molar-refractivity contribution in [2.45, 2.75) is 26.2 Å². The van der Waals surface area contributed by atoms with E-state index in [4.69, 9.17) is 5.21 Å².